The molecule has 1 aromatic carbocycles. The van der Waals surface area contributed by atoms with Crippen LogP contribution in [0.1, 0.15) is 48.8 Å². The van der Waals surface area contributed by atoms with Crippen molar-refractivity contribution in [3.63, 3.8) is 0 Å². The van der Waals surface area contributed by atoms with Crippen LogP contribution in [0.15, 0.2) is 48.8 Å². The molecule has 0 saturated carbocycles. The Morgan fingerprint density at radius 1 is 1.13 bits per heavy atom. The van der Waals surface area contributed by atoms with Gasteiger partial charge in [-0.25, -0.2) is 0 Å². The zero-order chi connectivity index (χ0) is 20.9. The molecule has 3 atom stereocenters. The Labute approximate surface area is 178 Å². The lowest BCUT2D eigenvalue weighted by atomic mass is 9.74. The lowest BCUT2D eigenvalue weighted by Gasteiger charge is -2.57. The topological polar surface area (TPSA) is 56.7 Å². The summed E-state index contributed by atoms with van der Waals surface area (Å²) in [5, 5.41) is 10.1. The minimum Gasteiger partial charge on any atom is -0.395 e. The van der Waals surface area contributed by atoms with Gasteiger partial charge in [-0.3, -0.25) is 14.7 Å². The molecule has 2 fully saturated rings. The largest absolute Gasteiger partial charge is 0.395 e. The van der Waals surface area contributed by atoms with Gasteiger partial charge in [-0.2, -0.15) is 0 Å². The molecule has 5 nitrogen and oxygen atoms in total. The van der Waals surface area contributed by atoms with E-state index in [9.17, 15) is 9.90 Å². The van der Waals surface area contributed by atoms with Crippen LogP contribution in [0.5, 0.6) is 0 Å². The number of pyridine rings is 1. The number of fused-ring (bicyclic) bond motifs is 1. The van der Waals surface area contributed by atoms with Gasteiger partial charge < -0.3 is 10.0 Å². The predicted octanol–water partition coefficient (Wildman–Crippen LogP) is 2.64. The van der Waals surface area contributed by atoms with Crippen LogP contribution in [0.25, 0.3) is 0 Å². The quantitative estimate of drug-likeness (QED) is 0.801. The van der Waals surface area contributed by atoms with Gasteiger partial charge in [0.2, 0.25) is 5.91 Å². The minimum atomic E-state index is 0.124. The number of carbonyl (C=O) groups excluding carboxylic acids is 1. The highest BCUT2D eigenvalue weighted by Crippen LogP contribution is 2.42. The molecule has 0 radical (unpaired) electrons. The highest BCUT2D eigenvalue weighted by atomic mass is 16.3. The van der Waals surface area contributed by atoms with Crippen molar-refractivity contribution >= 4 is 5.91 Å². The second kappa shape index (κ2) is 9.42. The summed E-state index contributed by atoms with van der Waals surface area (Å²) in [6.07, 6.45) is 6.14. The minimum absolute atomic E-state index is 0.124. The third-order valence-electron chi connectivity index (χ3n) is 6.33. The third-order valence-corrected chi connectivity index (χ3v) is 6.33. The smallest absolute Gasteiger partial charge is 0.222 e. The van der Waals surface area contributed by atoms with Crippen LogP contribution < -0.4 is 0 Å². The summed E-state index contributed by atoms with van der Waals surface area (Å²) in [6, 6.07) is 12.6. The number of benzene rings is 1. The fourth-order valence-electron chi connectivity index (χ4n) is 4.76. The molecule has 2 aliphatic heterocycles. The van der Waals surface area contributed by atoms with Crippen molar-refractivity contribution < 1.29 is 9.90 Å². The Morgan fingerprint density at radius 3 is 2.60 bits per heavy atom. The third kappa shape index (κ3) is 4.26. The predicted molar refractivity (Wildman–Crippen MR) is 117 cm³/mol. The van der Waals surface area contributed by atoms with Gasteiger partial charge in [0.1, 0.15) is 0 Å². The first kappa shape index (κ1) is 20.6. The molecular weight excluding hydrogens is 374 g/mol. The summed E-state index contributed by atoms with van der Waals surface area (Å²) in [7, 11) is 0. The molecular formula is C25H29N3O2. The van der Waals surface area contributed by atoms with Crippen LogP contribution in [0.3, 0.4) is 0 Å². The van der Waals surface area contributed by atoms with Gasteiger partial charge in [0.15, 0.2) is 0 Å². The maximum atomic E-state index is 12.4. The van der Waals surface area contributed by atoms with Gasteiger partial charge in [0.25, 0.3) is 0 Å². The van der Waals surface area contributed by atoms with Crippen molar-refractivity contribution in [3.8, 4) is 11.8 Å². The molecule has 5 heteroatoms. The van der Waals surface area contributed by atoms with Crippen LogP contribution in [0.4, 0.5) is 0 Å². The Balaban J connectivity index is 1.53. The standard InChI is InChI=1S/C25H29N3O2/c1-2-24(30)27-14-3-4-15-28-22(17-27)25(23(28)18-29)21-11-9-19(10-12-21)7-8-20-6-5-13-26-16-20/h5-6,9-13,16,22-23,25,29H,2-4,14-15,17-18H2,1H3/t22-,23-,25+/m1/s1. The fourth-order valence-corrected chi connectivity index (χ4v) is 4.76. The average molecular weight is 404 g/mol. The number of aliphatic hydroxyl groups excluding tert-OH is 1. The molecule has 0 unspecified atom stereocenters. The summed E-state index contributed by atoms with van der Waals surface area (Å²) in [4.78, 5) is 20.9. The van der Waals surface area contributed by atoms with Crippen molar-refractivity contribution in [3.05, 3.63) is 65.5 Å². The Kier molecular flexibility index (Phi) is 6.47. The van der Waals surface area contributed by atoms with Crippen LogP contribution >= 0.6 is 0 Å². The number of carbonyl (C=O) groups is 1. The van der Waals surface area contributed by atoms with E-state index in [1.807, 2.05) is 36.1 Å². The highest BCUT2D eigenvalue weighted by Gasteiger charge is 2.49. The van der Waals surface area contributed by atoms with Gasteiger partial charge in [-0.15, -0.1) is 0 Å². The molecule has 2 aromatic rings. The van der Waals surface area contributed by atoms with Crippen LogP contribution in [0.2, 0.25) is 0 Å². The molecule has 1 aromatic heterocycles. The number of rotatable bonds is 3. The van der Waals surface area contributed by atoms with E-state index in [1.165, 1.54) is 5.56 Å². The normalized spacial score (nSPS) is 23.9. The number of nitrogens with zero attached hydrogens (tertiary/aromatic N) is 3. The SMILES string of the molecule is CCC(=O)N1CCCCN2[C@H](CO)[C@@H](c3ccc(C#Cc4cccnc4)cc3)[C@H]2C1. The first-order valence-corrected chi connectivity index (χ1v) is 10.9. The number of amides is 1. The van der Waals surface area contributed by atoms with E-state index in [-0.39, 0.29) is 30.5 Å². The van der Waals surface area contributed by atoms with Crippen LogP contribution in [-0.2, 0) is 4.79 Å². The maximum Gasteiger partial charge on any atom is 0.222 e. The maximum absolute atomic E-state index is 12.4. The molecule has 4 rings (SSSR count). The zero-order valence-corrected chi connectivity index (χ0v) is 17.5. The van der Waals surface area contributed by atoms with Crippen molar-refractivity contribution in [1.29, 1.82) is 0 Å². The first-order chi connectivity index (χ1) is 14.7. The second-order valence-electron chi connectivity index (χ2n) is 8.10. The van der Waals surface area contributed by atoms with Crippen molar-refractivity contribution in [2.75, 3.05) is 26.2 Å². The number of aliphatic hydroxyl groups is 1. The first-order valence-electron chi connectivity index (χ1n) is 10.9. The summed E-state index contributed by atoms with van der Waals surface area (Å²) < 4.78 is 0. The molecule has 2 saturated heterocycles. The van der Waals surface area contributed by atoms with Crippen LogP contribution in [0, 0.1) is 11.8 Å². The fraction of sp³-hybridized carbons (Fsp3) is 0.440. The zero-order valence-electron chi connectivity index (χ0n) is 17.5. The van der Waals surface area contributed by atoms with Crippen molar-refractivity contribution in [2.45, 2.75) is 44.2 Å². The summed E-state index contributed by atoms with van der Waals surface area (Å²) in [5.41, 5.74) is 3.07. The molecule has 1 N–H and O–H groups in total. The van der Waals surface area contributed by atoms with E-state index in [0.29, 0.717) is 6.42 Å². The molecule has 0 bridgehead atoms. The van der Waals surface area contributed by atoms with E-state index in [0.717, 1.165) is 43.6 Å². The van der Waals surface area contributed by atoms with Crippen molar-refractivity contribution in [2.24, 2.45) is 0 Å². The van der Waals surface area contributed by atoms with E-state index in [2.05, 4.69) is 33.9 Å². The van der Waals surface area contributed by atoms with Crippen LogP contribution in [-0.4, -0.2) is 64.1 Å². The number of hydrogen-bond acceptors (Lipinski definition) is 4. The summed E-state index contributed by atoms with van der Waals surface area (Å²) in [6.45, 7) is 4.66. The molecule has 30 heavy (non-hydrogen) atoms. The van der Waals surface area contributed by atoms with Gasteiger partial charge in [0.05, 0.1) is 6.61 Å². The lowest BCUT2D eigenvalue weighted by Crippen LogP contribution is -2.67. The van der Waals surface area contributed by atoms with Gasteiger partial charge in [-0.1, -0.05) is 30.9 Å². The van der Waals surface area contributed by atoms with Gasteiger partial charge in [-0.05, 0) is 49.2 Å². The Hall–Kier alpha value is -2.68. The van der Waals surface area contributed by atoms with E-state index < -0.39 is 0 Å². The van der Waals surface area contributed by atoms with Crippen molar-refractivity contribution in [1.82, 2.24) is 14.8 Å². The average Bonchev–Trinajstić information content (AvgIpc) is 2.77. The Morgan fingerprint density at radius 2 is 1.90 bits per heavy atom. The lowest BCUT2D eigenvalue weighted by molar-refractivity contribution is -0.136. The molecule has 3 heterocycles. The second-order valence-corrected chi connectivity index (χ2v) is 8.10. The summed E-state index contributed by atoms with van der Waals surface area (Å²) in [5.74, 6) is 6.79. The van der Waals surface area contributed by atoms with Gasteiger partial charge >= 0.3 is 0 Å². The molecule has 156 valence electrons. The molecule has 0 spiro atoms. The molecule has 1 amide bonds. The summed E-state index contributed by atoms with van der Waals surface area (Å²) >= 11 is 0. The van der Waals surface area contributed by atoms with E-state index in [4.69, 9.17) is 0 Å². The molecule has 0 aliphatic carbocycles. The Bertz CT molecular complexity index is 917. The number of aromatic nitrogens is 1. The monoisotopic (exact) mass is 403 g/mol. The van der Waals surface area contributed by atoms with E-state index >= 15 is 0 Å². The van der Waals surface area contributed by atoms with Gasteiger partial charge in [0, 0.05) is 61.0 Å². The molecule has 2 aliphatic rings. The van der Waals surface area contributed by atoms with E-state index in [1.54, 1.807) is 12.4 Å². The number of hydrogen-bond donors (Lipinski definition) is 1. The highest BCUT2D eigenvalue weighted by molar-refractivity contribution is 5.75.